The number of halogens is 1. The zero-order chi connectivity index (χ0) is 24.4. The number of fused-ring (bicyclic) bond motifs is 2. The van der Waals surface area contributed by atoms with Crippen molar-refractivity contribution < 1.29 is 23.4 Å². The van der Waals surface area contributed by atoms with Gasteiger partial charge in [-0.2, -0.15) is 0 Å². The smallest absolute Gasteiger partial charge is 0.320 e. The number of carbonyl (C=O) groups is 1. The highest BCUT2D eigenvalue weighted by Gasteiger charge is 2.35. The molecule has 8 heteroatoms. The second-order valence-electron chi connectivity index (χ2n) is 8.92. The maximum Gasteiger partial charge on any atom is 0.320 e. The summed E-state index contributed by atoms with van der Waals surface area (Å²) in [6.07, 6.45) is 4.19. The number of carbonyl (C=O) groups excluding carboxylic acids is 1. The van der Waals surface area contributed by atoms with Gasteiger partial charge >= 0.3 is 6.03 Å². The maximum atomic E-state index is 13.6. The van der Waals surface area contributed by atoms with Gasteiger partial charge in [-0.05, 0) is 73.2 Å². The number of morpholine rings is 1. The minimum atomic E-state index is -0.0729. The number of ether oxygens (including phenoxy) is 3. The Hall–Kier alpha value is -2.71. The van der Waals surface area contributed by atoms with Gasteiger partial charge in [-0.25, -0.2) is 4.79 Å². The summed E-state index contributed by atoms with van der Waals surface area (Å²) in [5.74, 6) is 1.46. The molecule has 0 N–H and O–H groups in total. The molecule has 0 saturated carbocycles. The van der Waals surface area contributed by atoms with Crippen molar-refractivity contribution in [1.29, 1.82) is 0 Å². The SMILES string of the molecule is CCOc1cc2c(cc1OC)CCN(C(=O)N1CCOCC1)C2CCc1coc2ccc(Br)cc12. The Balaban J connectivity index is 1.49. The van der Waals surface area contributed by atoms with Crippen LogP contribution in [0.3, 0.4) is 0 Å². The lowest BCUT2D eigenvalue weighted by atomic mass is 9.88. The number of amides is 2. The normalized spacial score (nSPS) is 18.0. The molecule has 1 atom stereocenters. The van der Waals surface area contributed by atoms with Crippen molar-refractivity contribution in [2.24, 2.45) is 0 Å². The van der Waals surface area contributed by atoms with Gasteiger partial charge in [0.05, 0.1) is 39.2 Å². The first kappa shape index (κ1) is 24.0. The van der Waals surface area contributed by atoms with Crippen LogP contribution in [-0.2, 0) is 17.6 Å². The first-order chi connectivity index (χ1) is 17.1. The zero-order valence-corrected chi connectivity index (χ0v) is 21.8. The van der Waals surface area contributed by atoms with Gasteiger partial charge in [-0.3, -0.25) is 0 Å². The highest BCUT2D eigenvalue weighted by Crippen LogP contribution is 2.41. The number of rotatable bonds is 6. The number of hydrogen-bond acceptors (Lipinski definition) is 5. The maximum absolute atomic E-state index is 13.6. The Bertz CT molecular complexity index is 1200. The van der Waals surface area contributed by atoms with Crippen molar-refractivity contribution >= 4 is 32.9 Å². The number of furan rings is 1. The third kappa shape index (κ3) is 4.86. The standard InChI is InChI=1S/C27H31BrN2O5/c1-3-34-26-16-21-18(14-25(26)32-2)8-9-30(27(31)29-10-12-33-13-11-29)23(21)6-4-19-17-35-24-7-5-20(28)15-22(19)24/h5,7,14-17,23H,3-4,6,8-13H2,1-2H3. The molecule has 0 radical (unpaired) electrons. The molecule has 2 aliphatic rings. The van der Waals surface area contributed by atoms with Gasteiger partial charge < -0.3 is 28.4 Å². The van der Waals surface area contributed by atoms with E-state index in [4.69, 9.17) is 18.6 Å². The Morgan fingerprint density at radius 3 is 2.74 bits per heavy atom. The van der Waals surface area contributed by atoms with Crippen LogP contribution in [0.15, 0.2) is 45.5 Å². The average Bonchev–Trinajstić information content (AvgIpc) is 3.29. The van der Waals surface area contributed by atoms with E-state index < -0.39 is 0 Å². The fraction of sp³-hybridized carbons (Fsp3) is 0.444. The van der Waals surface area contributed by atoms with Crippen LogP contribution < -0.4 is 9.47 Å². The summed E-state index contributed by atoms with van der Waals surface area (Å²) in [5.41, 5.74) is 4.36. The molecular weight excluding hydrogens is 512 g/mol. The van der Waals surface area contributed by atoms with Crippen molar-refractivity contribution in [2.45, 2.75) is 32.2 Å². The van der Waals surface area contributed by atoms with Crippen molar-refractivity contribution in [2.75, 3.05) is 46.6 Å². The van der Waals surface area contributed by atoms with Crippen molar-refractivity contribution in [1.82, 2.24) is 9.80 Å². The van der Waals surface area contributed by atoms with Crippen LogP contribution in [0.25, 0.3) is 11.0 Å². The molecule has 2 aromatic carbocycles. The van der Waals surface area contributed by atoms with E-state index in [1.807, 2.05) is 35.1 Å². The fourth-order valence-corrected chi connectivity index (χ4v) is 5.51. The molecule has 35 heavy (non-hydrogen) atoms. The molecule has 2 aliphatic heterocycles. The lowest BCUT2D eigenvalue weighted by Gasteiger charge is -2.41. The van der Waals surface area contributed by atoms with Gasteiger partial charge in [0.25, 0.3) is 0 Å². The number of methoxy groups -OCH3 is 1. The molecule has 7 nitrogen and oxygen atoms in total. The van der Waals surface area contributed by atoms with Crippen molar-refractivity contribution in [3.8, 4) is 11.5 Å². The zero-order valence-electron chi connectivity index (χ0n) is 20.2. The molecule has 186 valence electrons. The lowest BCUT2D eigenvalue weighted by Crippen LogP contribution is -2.51. The van der Waals surface area contributed by atoms with Crippen molar-refractivity contribution in [3.63, 3.8) is 0 Å². The molecular formula is C27H31BrN2O5. The van der Waals surface area contributed by atoms with Gasteiger partial charge in [-0.1, -0.05) is 15.9 Å². The van der Waals surface area contributed by atoms with E-state index in [1.165, 1.54) is 5.56 Å². The summed E-state index contributed by atoms with van der Waals surface area (Å²) in [6, 6.07) is 10.2. The fourth-order valence-electron chi connectivity index (χ4n) is 5.15. The Morgan fingerprint density at radius 2 is 1.97 bits per heavy atom. The van der Waals surface area contributed by atoms with Crippen LogP contribution >= 0.6 is 15.9 Å². The first-order valence-electron chi connectivity index (χ1n) is 12.2. The first-order valence-corrected chi connectivity index (χ1v) is 13.0. The van der Waals surface area contributed by atoms with E-state index in [0.717, 1.165) is 57.3 Å². The second kappa shape index (κ2) is 10.5. The summed E-state index contributed by atoms with van der Waals surface area (Å²) < 4.78 is 23.8. The van der Waals surface area contributed by atoms with Crippen LogP contribution in [0.1, 0.15) is 36.1 Å². The molecule has 1 unspecified atom stereocenters. The topological polar surface area (TPSA) is 64.4 Å². The number of aryl methyl sites for hydroxylation is 1. The molecule has 2 amide bonds. The molecule has 0 bridgehead atoms. The molecule has 0 spiro atoms. The summed E-state index contributed by atoms with van der Waals surface area (Å²) in [5, 5.41) is 1.10. The summed E-state index contributed by atoms with van der Waals surface area (Å²) >= 11 is 3.57. The Labute approximate surface area is 214 Å². The molecule has 1 fully saturated rings. The minimum absolute atomic E-state index is 0.0729. The van der Waals surface area contributed by atoms with Crippen LogP contribution in [-0.4, -0.2) is 62.4 Å². The monoisotopic (exact) mass is 542 g/mol. The van der Waals surface area contributed by atoms with Gasteiger partial charge in [-0.15, -0.1) is 0 Å². The molecule has 0 aliphatic carbocycles. The summed E-state index contributed by atoms with van der Waals surface area (Å²) in [4.78, 5) is 17.6. The van der Waals surface area contributed by atoms with Crippen LogP contribution in [0, 0.1) is 0 Å². The van der Waals surface area contributed by atoms with Crippen molar-refractivity contribution in [3.05, 3.63) is 57.8 Å². The summed E-state index contributed by atoms with van der Waals surface area (Å²) in [6.45, 7) is 5.61. The largest absolute Gasteiger partial charge is 0.493 e. The number of hydrogen-bond donors (Lipinski definition) is 0. The summed E-state index contributed by atoms with van der Waals surface area (Å²) in [7, 11) is 1.67. The molecule has 1 aromatic heterocycles. The minimum Gasteiger partial charge on any atom is -0.493 e. The Morgan fingerprint density at radius 1 is 1.14 bits per heavy atom. The van der Waals surface area contributed by atoms with E-state index in [-0.39, 0.29) is 12.1 Å². The predicted octanol–water partition coefficient (Wildman–Crippen LogP) is 5.59. The molecule has 3 heterocycles. The number of benzene rings is 2. The molecule has 5 rings (SSSR count). The van der Waals surface area contributed by atoms with Gasteiger partial charge in [0.1, 0.15) is 5.58 Å². The number of urea groups is 1. The third-order valence-electron chi connectivity index (χ3n) is 6.91. The lowest BCUT2D eigenvalue weighted by molar-refractivity contribution is 0.0376. The van der Waals surface area contributed by atoms with E-state index in [2.05, 4.69) is 34.1 Å². The van der Waals surface area contributed by atoms with E-state index in [9.17, 15) is 4.79 Å². The van der Waals surface area contributed by atoms with E-state index in [0.29, 0.717) is 39.5 Å². The molecule has 3 aromatic rings. The third-order valence-corrected chi connectivity index (χ3v) is 7.41. The quantitative estimate of drug-likeness (QED) is 0.406. The van der Waals surface area contributed by atoms with Gasteiger partial charge in [0, 0.05) is 29.5 Å². The van der Waals surface area contributed by atoms with Gasteiger partial charge in [0.2, 0.25) is 0 Å². The van der Waals surface area contributed by atoms with Crippen LogP contribution in [0.2, 0.25) is 0 Å². The highest BCUT2D eigenvalue weighted by atomic mass is 79.9. The van der Waals surface area contributed by atoms with Gasteiger partial charge in [0.15, 0.2) is 11.5 Å². The van der Waals surface area contributed by atoms with E-state index in [1.54, 1.807) is 7.11 Å². The second-order valence-corrected chi connectivity index (χ2v) is 9.83. The molecule has 1 saturated heterocycles. The number of nitrogens with zero attached hydrogens (tertiary/aromatic N) is 2. The highest BCUT2D eigenvalue weighted by molar-refractivity contribution is 9.10. The van der Waals surface area contributed by atoms with E-state index >= 15 is 0 Å². The van der Waals surface area contributed by atoms with Crippen LogP contribution in [0.5, 0.6) is 11.5 Å². The predicted molar refractivity (Wildman–Crippen MR) is 137 cm³/mol. The van der Waals surface area contributed by atoms with Crippen LogP contribution in [0.4, 0.5) is 4.79 Å². The average molecular weight is 543 g/mol. The Kier molecular flexibility index (Phi) is 7.20.